The van der Waals surface area contributed by atoms with Gasteiger partial charge < -0.3 is 14.5 Å². The molecule has 10 heteroatoms. The van der Waals surface area contributed by atoms with E-state index in [4.69, 9.17) is 4.74 Å². The molecular formula is C19H23BrF3N3O3. The van der Waals surface area contributed by atoms with Crippen LogP contribution >= 0.6 is 15.9 Å². The second-order valence-corrected chi connectivity index (χ2v) is 9.44. The zero-order chi connectivity index (χ0) is 21.6. The van der Waals surface area contributed by atoms with Crippen LogP contribution in [0.15, 0.2) is 22.8 Å². The van der Waals surface area contributed by atoms with E-state index in [1.54, 1.807) is 20.8 Å². The maximum atomic E-state index is 13.9. The molecule has 0 bridgehead atoms. The van der Waals surface area contributed by atoms with Gasteiger partial charge in [0.1, 0.15) is 5.60 Å². The van der Waals surface area contributed by atoms with E-state index < -0.39 is 35.2 Å². The van der Waals surface area contributed by atoms with E-state index in [0.717, 1.165) is 4.90 Å². The molecule has 160 valence electrons. The molecule has 6 nitrogen and oxygen atoms in total. The molecule has 2 unspecified atom stereocenters. The minimum absolute atomic E-state index is 0.0388. The summed E-state index contributed by atoms with van der Waals surface area (Å²) < 4.78 is 47.5. The smallest absolute Gasteiger partial charge is 0.414 e. The summed E-state index contributed by atoms with van der Waals surface area (Å²) in [5.41, 5.74) is -1.92. The molecule has 0 saturated carbocycles. The van der Waals surface area contributed by atoms with Crippen LogP contribution < -0.4 is 0 Å². The third-order valence-electron chi connectivity index (χ3n) is 5.20. The number of nitrogens with zero attached hydrogens (tertiary/aromatic N) is 3. The van der Waals surface area contributed by atoms with Crippen molar-refractivity contribution < 1.29 is 27.5 Å². The number of likely N-dealkylation sites (tertiary alicyclic amines) is 2. The molecule has 29 heavy (non-hydrogen) atoms. The summed E-state index contributed by atoms with van der Waals surface area (Å²) in [4.78, 5) is 31.6. The van der Waals surface area contributed by atoms with Gasteiger partial charge in [-0.05, 0) is 61.7 Å². The summed E-state index contributed by atoms with van der Waals surface area (Å²) in [5.74, 6) is -0.587. The summed E-state index contributed by atoms with van der Waals surface area (Å²) in [6.45, 7) is 5.51. The lowest BCUT2D eigenvalue weighted by atomic mass is 9.85. The minimum Gasteiger partial charge on any atom is -0.444 e. The first kappa shape index (κ1) is 21.9. The standard InChI is InChI=1S/C19H23BrF3N3O3/c1-17(2,3)29-16(28)25-8-6-18(11-25)7-9-26(15(18)27)14(19(21,22)23)13-5-4-12(20)10-24-13/h4-5,10,14H,6-9,11H2,1-3H3. The maximum absolute atomic E-state index is 13.9. The average Bonchev–Trinajstić information content (AvgIpc) is 3.14. The third kappa shape index (κ3) is 4.51. The lowest BCUT2D eigenvalue weighted by molar-refractivity contribution is -0.191. The van der Waals surface area contributed by atoms with Crippen LogP contribution in [0, 0.1) is 5.41 Å². The van der Waals surface area contributed by atoms with Crippen molar-refractivity contribution >= 4 is 27.9 Å². The SMILES string of the molecule is CC(C)(C)OC(=O)N1CCC2(CCN(C(c3ccc(Br)cn3)C(F)(F)F)C2=O)C1. The lowest BCUT2D eigenvalue weighted by Crippen LogP contribution is -2.44. The molecular weight excluding hydrogens is 455 g/mol. The molecule has 1 aromatic rings. The van der Waals surface area contributed by atoms with Crippen LogP contribution in [-0.4, -0.2) is 58.2 Å². The van der Waals surface area contributed by atoms with Crippen molar-refractivity contribution in [2.75, 3.05) is 19.6 Å². The number of hydrogen-bond donors (Lipinski definition) is 0. The number of aromatic nitrogens is 1. The number of carbonyl (C=O) groups is 2. The predicted octanol–water partition coefficient (Wildman–Crippen LogP) is 4.31. The number of pyridine rings is 1. The van der Waals surface area contributed by atoms with Crippen molar-refractivity contribution in [2.45, 2.75) is 51.4 Å². The van der Waals surface area contributed by atoms with Gasteiger partial charge in [0.05, 0.1) is 11.1 Å². The van der Waals surface area contributed by atoms with Crippen molar-refractivity contribution in [1.82, 2.24) is 14.8 Å². The van der Waals surface area contributed by atoms with E-state index in [-0.39, 0.29) is 31.7 Å². The highest BCUT2D eigenvalue weighted by Gasteiger charge is 2.58. The van der Waals surface area contributed by atoms with Gasteiger partial charge in [0, 0.05) is 30.3 Å². The molecule has 2 aliphatic heterocycles. The number of rotatable bonds is 2. The van der Waals surface area contributed by atoms with Crippen molar-refractivity contribution in [3.63, 3.8) is 0 Å². The molecule has 2 atom stereocenters. The number of carbonyl (C=O) groups excluding carboxylic acids is 2. The van der Waals surface area contributed by atoms with Gasteiger partial charge in [-0.3, -0.25) is 9.78 Å². The van der Waals surface area contributed by atoms with Crippen molar-refractivity contribution in [1.29, 1.82) is 0 Å². The van der Waals surface area contributed by atoms with Gasteiger partial charge in [-0.1, -0.05) is 0 Å². The Hall–Kier alpha value is -1.84. The van der Waals surface area contributed by atoms with Gasteiger partial charge in [0.2, 0.25) is 5.91 Å². The van der Waals surface area contributed by atoms with Gasteiger partial charge in [0.15, 0.2) is 6.04 Å². The van der Waals surface area contributed by atoms with Crippen LogP contribution in [0.5, 0.6) is 0 Å². The molecule has 3 heterocycles. The van der Waals surface area contributed by atoms with E-state index in [0.29, 0.717) is 10.9 Å². The van der Waals surface area contributed by atoms with E-state index in [1.807, 2.05) is 0 Å². The Morgan fingerprint density at radius 3 is 2.45 bits per heavy atom. The summed E-state index contributed by atoms with van der Waals surface area (Å²) in [6, 6.07) is 0.623. The quantitative estimate of drug-likeness (QED) is 0.636. The van der Waals surface area contributed by atoms with Crippen molar-refractivity contribution in [2.24, 2.45) is 5.41 Å². The topological polar surface area (TPSA) is 62.7 Å². The zero-order valence-electron chi connectivity index (χ0n) is 16.4. The average molecular weight is 478 g/mol. The van der Waals surface area contributed by atoms with Crippen LogP contribution in [0.4, 0.5) is 18.0 Å². The maximum Gasteiger partial charge on any atom is 0.414 e. The summed E-state index contributed by atoms with van der Waals surface area (Å²) >= 11 is 3.16. The van der Waals surface area contributed by atoms with Crippen LogP contribution in [0.2, 0.25) is 0 Å². The summed E-state index contributed by atoms with van der Waals surface area (Å²) in [6.07, 6.45) is -3.35. The van der Waals surface area contributed by atoms with E-state index in [9.17, 15) is 22.8 Å². The first-order chi connectivity index (χ1) is 13.3. The molecule has 2 aliphatic rings. The molecule has 0 aliphatic carbocycles. The second-order valence-electron chi connectivity index (χ2n) is 8.53. The second kappa shape index (κ2) is 7.45. The first-order valence-electron chi connectivity index (χ1n) is 9.30. The third-order valence-corrected chi connectivity index (χ3v) is 5.67. The fraction of sp³-hybridized carbons (Fsp3) is 0.632. The monoisotopic (exact) mass is 477 g/mol. The van der Waals surface area contributed by atoms with Gasteiger partial charge in [-0.2, -0.15) is 13.2 Å². The van der Waals surface area contributed by atoms with Crippen LogP contribution in [0.1, 0.15) is 45.3 Å². The molecule has 3 rings (SSSR count). The fourth-order valence-electron chi connectivity index (χ4n) is 3.88. The Labute approximate surface area is 175 Å². The predicted molar refractivity (Wildman–Crippen MR) is 102 cm³/mol. The van der Waals surface area contributed by atoms with Gasteiger partial charge in [0.25, 0.3) is 0 Å². The van der Waals surface area contributed by atoms with Gasteiger partial charge in [-0.15, -0.1) is 0 Å². The molecule has 2 amide bonds. The highest BCUT2D eigenvalue weighted by molar-refractivity contribution is 9.10. The Morgan fingerprint density at radius 1 is 1.24 bits per heavy atom. The summed E-state index contributed by atoms with van der Waals surface area (Å²) in [7, 11) is 0. The highest BCUT2D eigenvalue weighted by atomic mass is 79.9. The first-order valence-corrected chi connectivity index (χ1v) is 10.1. The van der Waals surface area contributed by atoms with Gasteiger partial charge >= 0.3 is 12.3 Å². The normalized spacial score (nSPS) is 23.8. The highest BCUT2D eigenvalue weighted by Crippen LogP contribution is 2.47. The molecule has 2 fully saturated rings. The molecule has 0 radical (unpaired) electrons. The van der Waals surface area contributed by atoms with Crippen LogP contribution in [0.25, 0.3) is 0 Å². The zero-order valence-corrected chi connectivity index (χ0v) is 18.0. The number of amides is 2. The van der Waals surface area contributed by atoms with E-state index in [1.165, 1.54) is 23.2 Å². The van der Waals surface area contributed by atoms with Crippen molar-refractivity contribution in [3.8, 4) is 0 Å². The van der Waals surface area contributed by atoms with Crippen molar-refractivity contribution in [3.05, 3.63) is 28.5 Å². The number of ether oxygens (including phenoxy) is 1. The minimum atomic E-state index is -4.66. The lowest BCUT2D eigenvalue weighted by Gasteiger charge is -2.31. The molecule has 0 aromatic carbocycles. The Morgan fingerprint density at radius 2 is 1.90 bits per heavy atom. The van der Waals surface area contributed by atoms with E-state index >= 15 is 0 Å². The van der Waals surface area contributed by atoms with Crippen LogP contribution in [0.3, 0.4) is 0 Å². The Kier molecular flexibility index (Phi) is 5.61. The van der Waals surface area contributed by atoms with E-state index in [2.05, 4.69) is 20.9 Å². The largest absolute Gasteiger partial charge is 0.444 e. The number of halogens is 4. The van der Waals surface area contributed by atoms with Crippen LogP contribution in [-0.2, 0) is 9.53 Å². The van der Waals surface area contributed by atoms with Gasteiger partial charge in [-0.25, -0.2) is 4.79 Å². The molecule has 1 spiro atoms. The molecule has 0 N–H and O–H groups in total. The number of hydrogen-bond acceptors (Lipinski definition) is 4. The molecule has 1 aromatic heterocycles. The number of alkyl halides is 3. The Balaban J connectivity index is 1.81. The Bertz CT molecular complexity index is 795. The molecule has 2 saturated heterocycles. The fourth-order valence-corrected chi connectivity index (χ4v) is 4.11. The summed E-state index contributed by atoms with van der Waals surface area (Å²) in [5, 5.41) is 0.